The van der Waals surface area contributed by atoms with Gasteiger partial charge >= 0.3 is 0 Å². The lowest BCUT2D eigenvalue weighted by atomic mass is 9.47. The minimum Gasteiger partial charge on any atom is -0.274 e. The third kappa shape index (κ3) is 2.75. The second kappa shape index (κ2) is 8.21. The number of halogens is 1. The predicted octanol–water partition coefficient (Wildman–Crippen LogP) is 4.93. The van der Waals surface area contributed by atoms with E-state index in [2.05, 4.69) is 12.2 Å². The third-order valence-electron chi connectivity index (χ3n) is 11.8. The lowest BCUT2D eigenvalue weighted by Crippen LogP contribution is -2.55. The van der Waals surface area contributed by atoms with E-state index in [0.717, 1.165) is 33.7 Å². The van der Waals surface area contributed by atoms with Gasteiger partial charge in [-0.05, 0) is 64.5 Å². The molecular formula is C36H26ClN3O4. The van der Waals surface area contributed by atoms with Crippen LogP contribution in [0.5, 0.6) is 0 Å². The molecule has 0 spiro atoms. The Morgan fingerprint density at radius 3 is 1.89 bits per heavy atom. The van der Waals surface area contributed by atoms with Gasteiger partial charge < -0.3 is 0 Å². The van der Waals surface area contributed by atoms with Gasteiger partial charge in [-0.1, -0.05) is 84.4 Å². The van der Waals surface area contributed by atoms with Crippen LogP contribution in [0.15, 0.2) is 90.0 Å². The summed E-state index contributed by atoms with van der Waals surface area (Å²) in [4.78, 5) is 58.0. The van der Waals surface area contributed by atoms with Gasteiger partial charge in [0.15, 0.2) is 0 Å². The number of nitrogens with zero attached hydrogens (tertiary/aromatic N) is 3. The first-order valence-electron chi connectivity index (χ1n) is 15.4. The molecular weight excluding hydrogens is 574 g/mol. The highest BCUT2D eigenvalue weighted by atomic mass is 35.5. The minimum atomic E-state index is -1.18. The molecule has 2 saturated heterocycles. The smallest absolute Gasteiger partial charge is 0.254 e. The van der Waals surface area contributed by atoms with Crippen LogP contribution in [0.25, 0.3) is 0 Å². The van der Waals surface area contributed by atoms with Crippen molar-refractivity contribution in [2.45, 2.75) is 17.8 Å². The van der Waals surface area contributed by atoms with Gasteiger partial charge in [0.05, 0.1) is 39.8 Å². The Morgan fingerprint density at radius 2 is 1.27 bits per heavy atom. The first kappa shape index (κ1) is 25.0. The molecule has 3 aromatic carbocycles. The lowest BCUT2D eigenvalue weighted by Gasteiger charge is -2.52. The summed E-state index contributed by atoms with van der Waals surface area (Å²) in [5.74, 6) is -2.67. The summed E-state index contributed by atoms with van der Waals surface area (Å²) in [6, 6.07) is 22.6. The summed E-state index contributed by atoms with van der Waals surface area (Å²) in [6.07, 6.45) is 7.01. The summed E-state index contributed by atoms with van der Waals surface area (Å²) in [7, 11) is 0. The molecule has 7 aliphatic carbocycles. The highest BCUT2D eigenvalue weighted by Gasteiger charge is 2.70. The van der Waals surface area contributed by atoms with Crippen molar-refractivity contribution >= 4 is 47.1 Å². The van der Waals surface area contributed by atoms with Crippen molar-refractivity contribution in [3.05, 3.63) is 112 Å². The van der Waals surface area contributed by atoms with Gasteiger partial charge in [-0.15, -0.1) is 0 Å². The summed E-state index contributed by atoms with van der Waals surface area (Å²) in [6.45, 7) is 0. The van der Waals surface area contributed by atoms with E-state index in [1.54, 1.807) is 30.5 Å². The lowest BCUT2D eigenvalue weighted by molar-refractivity contribution is -0.140. The van der Waals surface area contributed by atoms with E-state index < -0.39 is 17.3 Å². The molecule has 9 aliphatic rings. The molecule has 0 unspecified atom stereocenters. The highest BCUT2D eigenvalue weighted by Crippen LogP contribution is 2.66. The van der Waals surface area contributed by atoms with Crippen molar-refractivity contribution < 1.29 is 19.2 Å². The molecule has 8 atom stereocenters. The van der Waals surface area contributed by atoms with Gasteiger partial charge in [-0.2, -0.15) is 10.1 Å². The molecule has 7 nitrogen and oxygen atoms in total. The Hall–Kier alpha value is -4.36. The maximum atomic E-state index is 14.6. The Morgan fingerprint density at radius 1 is 0.705 bits per heavy atom. The average Bonchev–Trinajstić information content (AvgIpc) is 3.78. The molecule has 4 amide bonds. The number of anilines is 1. The molecule has 0 aromatic heterocycles. The zero-order valence-corrected chi connectivity index (χ0v) is 24.2. The Kier molecular flexibility index (Phi) is 4.67. The van der Waals surface area contributed by atoms with Gasteiger partial charge in [-0.3, -0.25) is 19.2 Å². The fourth-order valence-electron chi connectivity index (χ4n) is 10.1. The second-order valence-electron chi connectivity index (χ2n) is 13.4. The van der Waals surface area contributed by atoms with Crippen LogP contribution >= 0.6 is 11.6 Å². The van der Waals surface area contributed by atoms with E-state index >= 15 is 0 Å². The summed E-state index contributed by atoms with van der Waals surface area (Å²) < 4.78 is 0. The van der Waals surface area contributed by atoms with Crippen molar-refractivity contribution in [1.82, 2.24) is 5.01 Å². The molecule has 2 heterocycles. The quantitative estimate of drug-likeness (QED) is 0.243. The van der Waals surface area contributed by atoms with Gasteiger partial charge in [0, 0.05) is 12.1 Å². The fraction of sp³-hybridized carbons (Fsp3) is 0.306. The number of benzene rings is 3. The number of carbonyl (C=O) groups is 4. The van der Waals surface area contributed by atoms with E-state index in [1.807, 2.05) is 48.5 Å². The largest absolute Gasteiger partial charge is 0.274 e. The Labute approximate surface area is 258 Å². The van der Waals surface area contributed by atoms with Crippen molar-refractivity contribution in [1.29, 1.82) is 0 Å². The monoisotopic (exact) mass is 599 g/mol. The number of para-hydroxylation sites is 1. The maximum Gasteiger partial charge on any atom is 0.254 e. The first-order chi connectivity index (χ1) is 21.4. The fourth-order valence-corrected chi connectivity index (χ4v) is 10.3. The number of amides is 4. The van der Waals surface area contributed by atoms with Gasteiger partial charge in [0.25, 0.3) is 11.8 Å². The molecule has 2 aliphatic heterocycles. The van der Waals surface area contributed by atoms with Crippen LogP contribution in [0.2, 0.25) is 5.02 Å². The highest BCUT2D eigenvalue weighted by molar-refractivity contribution is 6.36. The molecule has 4 bridgehead atoms. The van der Waals surface area contributed by atoms with Crippen molar-refractivity contribution in [3.8, 4) is 0 Å². The van der Waals surface area contributed by atoms with Gasteiger partial charge in [0.2, 0.25) is 11.8 Å². The van der Waals surface area contributed by atoms with Crippen LogP contribution in [0.1, 0.15) is 34.6 Å². The number of carbonyl (C=O) groups excluding carboxylic acids is 4. The van der Waals surface area contributed by atoms with E-state index in [4.69, 9.17) is 16.7 Å². The van der Waals surface area contributed by atoms with E-state index in [9.17, 15) is 19.2 Å². The number of hydrazone groups is 1. The van der Waals surface area contributed by atoms with Gasteiger partial charge in [-0.25, -0.2) is 4.90 Å². The number of imide groups is 2. The van der Waals surface area contributed by atoms with Crippen LogP contribution < -0.4 is 4.90 Å². The summed E-state index contributed by atoms with van der Waals surface area (Å²) in [5.41, 5.74) is 2.83. The molecule has 0 radical (unpaired) electrons. The van der Waals surface area contributed by atoms with Crippen LogP contribution in [0.3, 0.4) is 0 Å². The maximum absolute atomic E-state index is 14.6. The molecule has 12 rings (SSSR count). The van der Waals surface area contributed by atoms with E-state index in [0.29, 0.717) is 22.5 Å². The predicted molar refractivity (Wildman–Crippen MR) is 161 cm³/mol. The number of hydrogen-bond donors (Lipinski definition) is 0. The Bertz CT molecular complexity index is 1870. The number of allylic oxidation sites excluding steroid dienone is 2. The normalized spacial score (nSPS) is 38.2. The topological polar surface area (TPSA) is 87.1 Å². The van der Waals surface area contributed by atoms with E-state index in [-0.39, 0.29) is 53.2 Å². The second-order valence-corrected chi connectivity index (χ2v) is 13.8. The molecule has 4 fully saturated rings. The van der Waals surface area contributed by atoms with Crippen LogP contribution in [-0.4, -0.2) is 34.9 Å². The van der Waals surface area contributed by atoms with E-state index in [1.165, 1.54) is 4.90 Å². The summed E-state index contributed by atoms with van der Waals surface area (Å²) in [5, 5.41) is 6.14. The Balaban J connectivity index is 1.16. The molecule has 0 N–H and O–H groups in total. The minimum absolute atomic E-state index is 0.0824. The third-order valence-corrected chi connectivity index (χ3v) is 12.1. The van der Waals surface area contributed by atoms with Crippen LogP contribution in [0.4, 0.5) is 5.69 Å². The van der Waals surface area contributed by atoms with Crippen LogP contribution in [-0.2, 0) is 24.6 Å². The summed E-state index contributed by atoms with van der Waals surface area (Å²) >= 11 is 6.56. The molecule has 2 saturated carbocycles. The van der Waals surface area contributed by atoms with Crippen molar-refractivity contribution in [2.75, 3.05) is 4.90 Å². The number of rotatable bonds is 3. The van der Waals surface area contributed by atoms with Gasteiger partial charge in [0.1, 0.15) is 0 Å². The average molecular weight is 600 g/mol. The standard InChI is InChI=1S/C36H26ClN3O4/c37-25-11-5-6-12-26(25)39-32(41)30-27-19-7-1-3-9-23(19)36(31(30)35(39)44,24-10-4-2-8-20(24)27)16-38-40-33(42)28-17-13-14-18(22-15-21(17)22)29(28)34(40)43/h1-14,16-18,21-22,27-31H,15H2/t17-,18-,21-,22+,27?,28-,29+,30-,31+,36?/m0/s1. The number of hydrogen-bond acceptors (Lipinski definition) is 5. The van der Waals surface area contributed by atoms with Crippen molar-refractivity contribution in [3.63, 3.8) is 0 Å². The zero-order valence-electron chi connectivity index (χ0n) is 23.4. The van der Waals surface area contributed by atoms with Crippen molar-refractivity contribution in [2.24, 2.45) is 52.4 Å². The van der Waals surface area contributed by atoms with Crippen LogP contribution in [0, 0.1) is 47.3 Å². The molecule has 44 heavy (non-hydrogen) atoms. The SMILES string of the molecule is O=C1[C@@H]2[C@H]3C=C[C@@H]([C@@H]4C[C@H]34)[C@@H]2C(=O)N1N=CC12c3ccccc3C(c3ccccc31)[C@@H]1C(=O)N(c3ccccc3Cl)C(=O)[C@@H]12. The molecule has 3 aromatic rings. The zero-order chi connectivity index (χ0) is 29.6. The first-order valence-corrected chi connectivity index (χ1v) is 15.7. The molecule has 216 valence electrons. The molecule has 8 heteroatoms.